The van der Waals surface area contributed by atoms with Crippen molar-refractivity contribution in [2.75, 3.05) is 20.3 Å². The van der Waals surface area contributed by atoms with E-state index in [-0.39, 0.29) is 6.61 Å². The summed E-state index contributed by atoms with van der Waals surface area (Å²) in [4.78, 5) is 40.0. The summed E-state index contributed by atoms with van der Waals surface area (Å²) in [6, 6.07) is 0. The molecule has 2 N–H and O–H groups in total. The molecule has 0 amide bonds. The van der Waals surface area contributed by atoms with Gasteiger partial charge in [0.1, 0.15) is 16.3 Å². The number of thiophene rings is 1. The lowest BCUT2D eigenvalue weighted by Crippen LogP contribution is -2.21. The Kier molecular flexibility index (Phi) is 3.82. The maximum Gasteiger partial charge on any atom is 0.348 e. The third kappa shape index (κ3) is 2.59. The topological polar surface area (TPSA) is 101 Å². The minimum atomic E-state index is -0.599. The number of hydrogen-bond acceptors (Lipinski definition) is 6. The third-order valence-corrected chi connectivity index (χ3v) is 3.72. The van der Waals surface area contributed by atoms with Crippen molar-refractivity contribution in [1.29, 1.82) is 0 Å². The van der Waals surface area contributed by atoms with Crippen LogP contribution in [0.25, 0.3) is 10.2 Å². The number of aromatic nitrogens is 2. The lowest BCUT2D eigenvalue weighted by Gasteiger charge is -2.02. The molecule has 2 rings (SSSR count). The van der Waals surface area contributed by atoms with Crippen LogP contribution in [0, 0.1) is 6.92 Å². The average Bonchev–Trinajstić information content (AvgIpc) is 2.66. The van der Waals surface area contributed by atoms with Gasteiger partial charge in [-0.1, -0.05) is 0 Å². The van der Waals surface area contributed by atoms with Crippen LogP contribution >= 0.6 is 11.3 Å². The fraction of sp³-hybridized carbons (Fsp3) is 0.364. The number of nitrogens with one attached hydrogen (secondary N) is 2. The summed E-state index contributed by atoms with van der Waals surface area (Å²) in [7, 11) is 1.50. The number of esters is 1. The molecule has 102 valence electrons. The number of aromatic amines is 2. The molecule has 7 nitrogen and oxygen atoms in total. The molecule has 0 bridgehead atoms. The van der Waals surface area contributed by atoms with Crippen LogP contribution in [0.15, 0.2) is 9.59 Å². The Morgan fingerprint density at radius 3 is 2.68 bits per heavy atom. The molecular weight excluding hydrogens is 272 g/mol. The van der Waals surface area contributed by atoms with Crippen molar-refractivity contribution in [3.8, 4) is 0 Å². The summed E-state index contributed by atoms with van der Waals surface area (Å²) in [5, 5.41) is 0.309. The predicted octanol–water partition coefficient (Wildman–Crippen LogP) is 0.390. The molecule has 0 saturated carbocycles. The number of carbonyl (C=O) groups excluding carboxylic acids is 1. The lowest BCUT2D eigenvalue weighted by molar-refractivity contribution is 0.0393. The largest absolute Gasteiger partial charge is 0.459 e. The van der Waals surface area contributed by atoms with Gasteiger partial charge in [0.2, 0.25) is 0 Å². The molecule has 0 aliphatic rings. The molecule has 8 heteroatoms. The second-order valence-electron chi connectivity index (χ2n) is 3.80. The molecule has 2 aromatic heterocycles. The quantitative estimate of drug-likeness (QED) is 0.624. The van der Waals surface area contributed by atoms with Crippen molar-refractivity contribution in [1.82, 2.24) is 9.97 Å². The molecule has 0 fully saturated rings. The zero-order valence-corrected chi connectivity index (χ0v) is 11.2. The highest BCUT2D eigenvalue weighted by Crippen LogP contribution is 2.26. The summed E-state index contributed by atoms with van der Waals surface area (Å²) in [5.74, 6) is -0.531. The zero-order chi connectivity index (χ0) is 14.0. The van der Waals surface area contributed by atoms with Gasteiger partial charge in [-0.3, -0.25) is 14.8 Å². The summed E-state index contributed by atoms with van der Waals surface area (Å²) in [6.45, 7) is 2.07. The monoisotopic (exact) mass is 284 g/mol. The summed E-state index contributed by atoms with van der Waals surface area (Å²) in [6.07, 6.45) is 0. The number of H-pyrrole nitrogens is 2. The van der Waals surface area contributed by atoms with Gasteiger partial charge in [-0.2, -0.15) is 0 Å². The van der Waals surface area contributed by atoms with Gasteiger partial charge in [0, 0.05) is 7.11 Å². The van der Waals surface area contributed by atoms with Crippen LogP contribution < -0.4 is 11.2 Å². The van der Waals surface area contributed by atoms with Crippen LogP contribution in [0.1, 0.15) is 15.2 Å². The van der Waals surface area contributed by atoms with Crippen molar-refractivity contribution in [3.05, 3.63) is 31.3 Å². The Labute approximate surface area is 111 Å². The van der Waals surface area contributed by atoms with E-state index in [9.17, 15) is 14.4 Å². The Hall–Kier alpha value is -1.93. The standard InChI is InChI=1S/C11H12N2O5S/c1-5-6-8(14)12-11(16)13-9(6)19-7(5)10(15)18-4-3-17-2/h3-4H2,1-2H3,(H2,12,13,14,16). The van der Waals surface area contributed by atoms with Crippen LogP contribution in [-0.4, -0.2) is 36.3 Å². The van der Waals surface area contributed by atoms with Gasteiger partial charge in [0.25, 0.3) is 5.56 Å². The maximum absolute atomic E-state index is 11.8. The Morgan fingerprint density at radius 1 is 1.26 bits per heavy atom. The first-order valence-electron chi connectivity index (χ1n) is 5.46. The molecule has 0 aliphatic carbocycles. The molecular formula is C11H12N2O5S. The Morgan fingerprint density at radius 2 is 2.00 bits per heavy atom. The molecule has 0 radical (unpaired) electrons. The van der Waals surface area contributed by atoms with E-state index in [2.05, 4.69) is 9.97 Å². The number of ether oxygens (including phenoxy) is 2. The average molecular weight is 284 g/mol. The Balaban J connectivity index is 2.43. The van der Waals surface area contributed by atoms with Crippen molar-refractivity contribution in [2.24, 2.45) is 0 Å². The molecule has 0 atom stereocenters. The summed E-state index contributed by atoms with van der Waals surface area (Å²) in [5.41, 5.74) is -0.610. The van der Waals surface area contributed by atoms with E-state index < -0.39 is 17.2 Å². The lowest BCUT2D eigenvalue weighted by atomic mass is 10.2. The van der Waals surface area contributed by atoms with Gasteiger partial charge in [0.05, 0.1) is 12.0 Å². The van der Waals surface area contributed by atoms with E-state index in [0.717, 1.165) is 11.3 Å². The fourth-order valence-corrected chi connectivity index (χ4v) is 2.75. The van der Waals surface area contributed by atoms with Crippen molar-refractivity contribution < 1.29 is 14.3 Å². The minimum Gasteiger partial charge on any atom is -0.459 e. The van der Waals surface area contributed by atoms with E-state index in [1.807, 2.05) is 0 Å². The first kappa shape index (κ1) is 13.5. The minimum absolute atomic E-state index is 0.135. The van der Waals surface area contributed by atoms with Crippen LogP contribution in [0.5, 0.6) is 0 Å². The van der Waals surface area contributed by atoms with Gasteiger partial charge in [0.15, 0.2) is 0 Å². The highest BCUT2D eigenvalue weighted by Gasteiger charge is 2.19. The number of aryl methyl sites for hydroxylation is 1. The first-order chi connectivity index (χ1) is 9.04. The molecule has 0 unspecified atom stereocenters. The predicted molar refractivity (Wildman–Crippen MR) is 70.0 cm³/mol. The number of hydrogen-bond donors (Lipinski definition) is 2. The van der Waals surface area contributed by atoms with Crippen LogP contribution in [0.2, 0.25) is 0 Å². The van der Waals surface area contributed by atoms with Gasteiger partial charge in [-0.05, 0) is 12.5 Å². The van der Waals surface area contributed by atoms with E-state index in [1.54, 1.807) is 6.92 Å². The Bertz CT molecular complexity index is 727. The van der Waals surface area contributed by atoms with E-state index in [4.69, 9.17) is 9.47 Å². The molecule has 19 heavy (non-hydrogen) atoms. The zero-order valence-electron chi connectivity index (χ0n) is 10.4. The van der Waals surface area contributed by atoms with Gasteiger partial charge in [-0.25, -0.2) is 9.59 Å². The third-order valence-electron chi connectivity index (χ3n) is 2.53. The number of fused-ring (bicyclic) bond motifs is 1. The van der Waals surface area contributed by atoms with Crippen molar-refractivity contribution >= 4 is 27.5 Å². The molecule has 0 aromatic carbocycles. The SMILES string of the molecule is COCCOC(=O)c1sc2[nH]c(=O)[nH]c(=O)c2c1C. The van der Waals surface area contributed by atoms with E-state index in [0.29, 0.717) is 27.3 Å². The molecule has 0 aliphatic heterocycles. The number of rotatable bonds is 4. The van der Waals surface area contributed by atoms with Gasteiger partial charge >= 0.3 is 11.7 Å². The van der Waals surface area contributed by atoms with Crippen LogP contribution in [-0.2, 0) is 9.47 Å². The first-order valence-corrected chi connectivity index (χ1v) is 6.28. The van der Waals surface area contributed by atoms with Gasteiger partial charge in [-0.15, -0.1) is 11.3 Å². The molecule has 2 heterocycles. The molecule has 0 spiro atoms. The number of methoxy groups -OCH3 is 1. The summed E-state index contributed by atoms with van der Waals surface area (Å²) >= 11 is 1.03. The van der Waals surface area contributed by atoms with Gasteiger partial charge < -0.3 is 9.47 Å². The summed E-state index contributed by atoms with van der Waals surface area (Å²) < 4.78 is 9.77. The van der Waals surface area contributed by atoms with Crippen molar-refractivity contribution in [2.45, 2.75) is 6.92 Å². The van der Waals surface area contributed by atoms with E-state index in [1.165, 1.54) is 7.11 Å². The normalized spacial score (nSPS) is 10.8. The smallest absolute Gasteiger partial charge is 0.348 e. The molecule has 0 saturated heterocycles. The second kappa shape index (κ2) is 5.37. The second-order valence-corrected chi connectivity index (χ2v) is 4.82. The molecule has 2 aromatic rings. The highest BCUT2D eigenvalue weighted by atomic mass is 32.1. The fourth-order valence-electron chi connectivity index (χ4n) is 1.65. The van der Waals surface area contributed by atoms with E-state index >= 15 is 0 Å². The number of carbonyl (C=O) groups is 1. The highest BCUT2D eigenvalue weighted by molar-refractivity contribution is 7.20. The van der Waals surface area contributed by atoms with Crippen LogP contribution in [0.3, 0.4) is 0 Å². The van der Waals surface area contributed by atoms with Crippen LogP contribution in [0.4, 0.5) is 0 Å². The van der Waals surface area contributed by atoms with Crippen molar-refractivity contribution in [3.63, 3.8) is 0 Å². The maximum atomic E-state index is 11.8.